The molecule has 18 heavy (non-hydrogen) atoms. The van der Waals surface area contributed by atoms with Gasteiger partial charge in [-0.3, -0.25) is 0 Å². The van der Waals surface area contributed by atoms with Crippen LogP contribution in [0.4, 0.5) is 0 Å². The summed E-state index contributed by atoms with van der Waals surface area (Å²) in [7, 11) is 1.80. The van der Waals surface area contributed by atoms with Crippen LogP contribution in [0.2, 0.25) is 0 Å². The molecule has 0 saturated heterocycles. The molecule has 0 N–H and O–H groups in total. The first kappa shape index (κ1) is 11.1. The van der Waals surface area contributed by atoms with E-state index >= 15 is 0 Å². The highest BCUT2D eigenvalue weighted by Gasteiger charge is 2.18. The lowest BCUT2D eigenvalue weighted by Crippen LogP contribution is -1.95. The quantitative estimate of drug-likeness (QED) is 0.812. The zero-order valence-electron chi connectivity index (χ0n) is 9.48. The lowest BCUT2D eigenvalue weighted by molar-refractivity contribution is 0.174. The van der Waals surface area contributed by atoms with E-state index in [4.69, 9.17) is 14.7 Å². The van der Waals surface area contributed by atoms with Crippen molar-refractivity contribution in [1.82, 2.24) is 9.55 Å². The maximum absolute atomic E-state index is 9.03. The summed E-state index contributed by atoms with van der Waals surface area (Å²) in [6.45, 7) is 0.243. The fourth-order valence-corrected chi connectivity index (χ4v) is 2.40. The summed E-state index contributed by atoms with van der Waals surface area (Å²) in [5.74, 6) is 2.13. The van der Waals surface area contributed by atoms with Crippen LogP contribution in [0.1, 0.15) is 5.69 Å². The molecule has 0 saturated carbocycles. The van der Waals surface area contributed by atoms with Crippen LogP contribution in [-0.4, -0.2) is 16.3 Å². The van der Waals surface area contributed by atoms with Crippen molar-refractivity contribution in [2.24, 2.45) is 7.05 Å². The summed E-state index contributed by atoms with van der Waals surface area (Å²) in [4.78, 5) is 4.34. The summed E-state index contributed by atoms with van der Waals surface area (Å²) in [6, 6.07) is 7.69. The van der Waals surface area contributed by atoms with Gasteiger partial charge in [-0.05, 0) is 34.1 Å². The number of hydrogen-bond acceptors (Lipinski definition) is 4. The number of rotatable bonds is 1. The zero-order chi connectivity index (χ0) is 12.7. The fraction of sp³-hybridized carbons (Fsp3) is 0.167. The Morgan fingerprint density at radius 3 is 2.89 bits per heavy atom. The van der Waals surface area contributed by atoms with Crippen molar-refractivity contribution in [2.45, 2.75) is 0 Å². The smallest absolute Gasteiger partial charge is 0.231 e. The van der Waals surface area contributed by atoms with E-state index in [2.05, 4.69) is 27.0 Å². The summed E-state index contributed by atoms with van der Waals surface area (Å²) in [6.07, 6.45) is 0. The summed E-state index contributed by atoms with van der Waals surface area (Å²) >= 11 is 3.28. The second-order valence-corrected chi connectivity index (χ2v) is 4.56. The SMILES string of the molecule is Cn1c(-c2ccc3c(c2)OCO3)nc(Br)c1C#N. The lowest BCUT2D eigenvalue weighted by atomic mass is 10.2. The van der Waals surface area contributed by atoms with Crippen LogP contribution in [0.15, 0.2) is 22.8 Å². The minimum absolute atomic E-state index is 0.243. The molecule has 0 radical (unpaired) electrons. The monoisotopic (exact) mass is 305 g/mol. The van der Waals surface area contributed by atoms with Crippen molar-refractivity contribution in [3.05, 3.63) is 28.5 Å². The molecule has 0 aliphatic carbocycles. The molecule has 3 rings (SSSR count). The molecule has 2 aromatic rings. The topological polar surface area (TPSA) is 60.1 Å². The van der Waals surface area contributed by atoms with Crippen molar-refractivity contribution in [3.63, 3.8) is 0 Å². The lowest BCUT2D eigenvalue weighted by Gasteiger charge is -2.03. The van der Waals surface area contributed by atoms with Crippen molar-refractivity contribution in [2.75, 3.05) is 6.79 Å². The maximum atomic E-state index is 9.03. The highest BCUT2D eigenvalue weighted by Crippen LogP contribution is 2.36. The molecule has 2 heterocycles. The van der Waals surface area contributed by atoms with Gasteiger partial charge in [0.2, 0.25) is 6.79 Å². The predicted molar refractivity (Wildman–Crippen MR) is 67.2 cm³/mol. The minimum Gasteiger partial charge on any atom is -0.454 e. The standard InChI is InChI=1S/C12H8BrN3O2/c1-16-8(5-14)11(13)15-12(16)7-2-3-9-10(4-7)18-6-17-9/h2-4H,6H2,1H3. The first-order valence-electron chi connectivity index (χ1n) is 5.23. The van der Waals surface area contributed by atoms with Gasteiger partial charge in [-0.15, -0.1) is 0 Å². The Morgan fingerprint density at radius 1 is 1.39 bits per heavy atom. The van der Waals surface area contributed by atoms with E-state index in [0.717, 1.165) is 11.3 Å². The van der Waals surface area contributed by atoms with Crippen LogP contribution in [-0.2, 0) is 7.05 Å². The number of aromatic nitrogens is 2. The highest BCUT2D eigenvalue weighted by molar-refractivity contribution is 9.10. The summed E-state index contributed by atoms with van der Waals surface area (Å²) in [5.41, 5.74) is 1.37. The molecular weight excluding hydrogens is 298 g/mol. The number of nitrogens with zero attached hydrogens (tertiary/aromatic N) is 3. The van der Waals surface area contributed by atoms with Crippen LogP contribution in [0.25, 0.3) is 11.4 Å². The Kier molecular flexibility index (Phi) is 2.49. The fourth-order valence-electron chi connectivity index (χ4n) is 1.88. The zero-order valence-corrected chi connectivity index (χ0v) is 11.1. The van der Waals surface area contributed by atoms with Crippen molar-refractivity contribution in [3.8, 4) is 29.0 Å². The summed E-state index contributed by atoms with van der Waals surface area (Å²) in [5, 5.41) is 9.03. The number of imidazole rings is 1. The Balaban J connectivity index is 2.14. The van der Waals surface area contributed by atoms with Gasteiger partial charge in [0.25, 0.3) is 0 Å². The average Bonchev–Trinajstić information content (AvgIpc) is 2.93. The first-order valence-corrected chi connectivity index (χ1v) is 6.02. The third-order valence-electron chi connectivity index (χ3n) is 2.79. The van der Waals surface area contributed by atoms with E-state index in [0.29, 0.717) is 21.9 Å². The molecule has 0 unspecified atom stereocenters. The van der Waals surface area contributed by atoms with Gasteiger partial charge in [0.1, 0.15) is 16.5 Å². The second-order valence-electron chi connectivity index (χ2n) is 3.81. The van der Waals surface area contributed by atoms with Crippen LogP contribution in [0.5, 0.6) is 11.5 Å². The van der Waals surface area contributed by atoms with Gasteiger partial charge >= 0.3 is 0 Å². The molecule has 5 nitrogen and oxygen atoms in total. The molecule has 6 heteroatoms. The molecule has 0 fully saturated rings. The molecule has 0 atom stereocenters. The molecule has 0 spiro atoms. The molecule has 1 aliphatic rings. The van der Waals surface area contributed by atoms with E-state index in [-0.39, 0.29) is 6.79 Å². The van der Waals surface area contributed by atoms with Crippen LogP contribution in [0, 0.1) is 11.3 Å². The van der Waals surface area contributed by atoms with Crippen molar-refractivity contribution in [1.29, 1.82) is 5.26 Å². The number of hydrogen-bond donors (Lipinski definition) is 0. The number of nitriles is 1. The van der Waals surface area contributed by atoms with Crippen molar-refractivity contribution >= 4 is 15.9 Å². The Labute approximate surface area is 112 Å². The number of halogens is 1. The first-order chi connectivity index (χ1) is 8.70. The third-order valence-corrected chi connectivity index (χ3v) is 3.34. The van der Waals surface area contributed by atoms with Gasteiger partial charge in [-0.25, -0.2) is 4.98 Å². The van der Waals surface area contributed by atoms with Crippen LogP contribution in [0.3, 0.4) is 0 Å². The van der Waals surface area contributed by atoms with Crippen molar-refractivity contribution < 1.29 is 9.47 Å². The van der Waals surface area contributed by atoms with Gasteiger partial charge < -0.3 is 14.0 Å². The average molecular weight is 306 g/mol. The normalized spacial score (nSPS) is 12.5. The molecular formula is C12H8BrN3O2. The Hall–Kier alpha value is -2.00. The van der Waals surface area contributed by atoms with Gasteiger partial charge in [0, 0.05) is 12.6 Å². The Bertz CT molecular complexity index is 673. The van der Waals surface area contributed by atoms with Crippen LogP contribution < -0.4 is 9.47 Å². The molecule has 1 aliphatic heterocycles. The number of fused-ring (bicyclic) bond motifs is 1. The van der Waals surface area contributed by atoms with Gasteiger partial charge in [-0.2, -0.15) is 5.26 Å². The van der Waals surface area contributed by atoms with Crippen LogP contribution >= 0.6 is 15.9 Å². The van der Waals surface area contributed by atoms with Gasteiger partial charge in [0.05, 0.1) is 0 Å². The molecule has 90 valence electrons. The predicted octanol–water partition coefficient (Wildman–Crippen LogP) is 2.45. The highest BCUT2D eigenvalue weighted by atomic mass is 79.9. The molecule has 1 aromatic carbocycles. The van der Waals surface area contributed by atoms with E-state index in [9.17, 15) is 0 Å². The van der Waals surface area contributed by atoms with E-state index in [1.54, 1.807) is 11.6 Å². The second kappa shape index (κ2) is 4.03. The number of ether oxygens (including phenoxy) is 2. The van der Waals surface area contributed by atoms with Gasteiger partial charge in [0.15, 0.2) is 17.2 Å². The van der Waals surface area contributed by atoms with E-state index < -0.39 is 0 Å². The van der Waals surface area contributed by atoms with E-state index in [1.165, 1.54) is 0 Å². The van der Waals surface area contributed by atoms with Gasteiger partial charge in [-0.1, -0.05) is 0 Å². The minimum atomic E-state index is 0.243. The largest absolute Gasteiger partial charge is 0.454 e. The molecule has 0 bridgehead atoms. The number of benzene rings is 1. The van der Waals surface area contributed by atoms with E-state index in [1.807, 2.05) is 18.2 Å². The third kappa shape index (κ3) is 1.56. The molecule has 1 aromatic heterocycles. The molecule has 0 amide bonds. The Morgan fingerprint density at radius 2 is 2.17 bits per heavy atom. The summed E-state index contributed by atoms with van der Waals surface area (Å²) < 4.78 is 12.9. The maximum Gasteiger partial charge on any atom is 0.231 e.